The summed E-state index contributed by atoms with van der Waals surface area (Å²) in [7, 11) is 0. The Balaban J connectivity index is 1.94. The topological polar surface area (TPSA) is 24.9 Å². The fraction of sp³-hybridized carbons (Fsp3) is 0.643. The van der Waals surface area contributed by atoms with Crippen molar-refractivity contribution in [2.75, 3.05) is 5.32 Å². The summed E-state index contributed by atoms with van der Waals surface area (Å²) in [5.74, 6) is 1.06. The van der Waals surface area contributed by atoms with E-state index >= 15 is 0 Å². The van der Waals surface area contributed by atoms with Crippen LogP contribution in [0.25, 0.3) is 0 Å². The molecule has 16 heavy (non-hydrogen) atoms. The second-order valence-electron chi connectivity index (χ2n) is 4.84. The van der Waals surface area contributed by atoms with Crippen LogP contribution in [0.15, 0.2) is 12.1 Å². The molecule has 2 heteroatoms. The standard InChI is InChI=1S/C14H22N2/c1-3-4-6-11(2)15-14-10-9-12-7-5-8-13(12)16-14/h9-11H,3-8H2,1-2H3,(H,15,16). The molecule has 1 aromatic heterocycles. The first-order chi connectivity index (χ1) is 7.79. The first-order valence-corrected chi connectivity index (χ1v) is 6.55. The van der Waals surface area contributed by atoms with Gasteiger partial charge in [-0.2, -0.15) is 0 Å². The number of hydrogen-bond acceptors (Lipinski definition) is 2. The highest BCUT2D eigenvalue weighted by Gasteiger charge is 2.12. The third kappa shape index (κ3) is 2.75. The molecule has 0 radical (unpaired) electrons. The van der Waals surface area contributed by atoms with E-state index in [4.69, 9.17) is 4.98 Å². The summed E-state index contributed by atoms with van der Waals surface area (Å²) in [6, 6.07) is 4.91. The molecule has 1 aliphatic rings. The Labute approximate surface area is 98.5 Å². The van der Waals surface area contributed by atoms with Gasteiger partial charge in [-0.05, 0) is 44.2 Å². The predicted molar refractivity (Wildman–Crippen MR) is 68.9 cm³/mol. The van der Waals surface area contributed by atoms with E-state index in [1.54, 1.807) is 0 Å². The van der Waals surface area contributed by atoms with Gasteiger partial charge < -0.3 is 5.32 Å². The van der Waals surface area contributed by atoms with Gasteiger partial charge >= 0.3 is 0 Å². The molecule has 1 heterocycles. The first kappa shape index (κ1) is 11.4. The smallest absolute Gasteiger partial charge is 0.126 e. The maximum Gasteiger partial charge on any atom is 0.126 e. The molecule has 1 aliphatic carbocycles. The average Bonchev–Trinajstić information content (AvgIpc) is 2.73. The summed E-state index contributed by atoms with van der Waals surface area (Å²) >= 11 is 0. The molecule has 0 aromatic carbocycles. The summed E-state index contributed by atoms with van der Waals surface area (Å²) < 4.78 is 0. The van der Waals surface area contributed by atoms with Crippen LogP contribution in [0.1, 0.15) is 50.8 Å². The lowest BCUT2D eigenvalue weighted by atomic mass is 10.1. The Kier molecular flexibility index (Phi) is 3.81. The van der Waals surface area contributed by atoms with Gasteiger partial charge in [0.1, 0.15) is 5.82 Å². The molecule has 88 valence electrons. The van der Waals surface area contributed by atoms with E-state index in [0.29, 0.717) is 6.04 Å². The van der Waals surface area contributed by atoms with Crippen LogP contribution in [0, 0.1) is 0 Å². The van der Waals surface area contributed by atoms with E-state index in [9.17, 15) is 0 Å². The molecular weight excluding hydrogens is 196 g/mol. The van der Waals surface area contributed by atoms with E-state index in [2.05, 4.69) is 31.3 Å². The molecule has 1 aromatic rings. The number of aromatic nitrogens is 1. The van der Waals surface area contributed by atoms with Gasteiger partial charge in [-0.1, -0.05) is 25.8 Å². The number of anilines is 1. The molecule has 0 spiro atoms. The fourth-order valence-electron chi connectivity index (χ4n) is 2.34. The van der Waals surface area contributed by atoms with Crippen molar-refractivity contribution in [2.45, 2.75) is 58.4 Å². The normalized spacial score (nSPS) is 15.9. The SMILES string of the molecule is CCCCC(C)Nc1ccc2c(n1)CCC2. The number of nitrogens with one attached hydrogen (secondary N) is 1. The van der Waals surface area contributed by atoms with Crippen LogP contribution < -0.4 is 5.32 Å². The fourth-order valence-corrected chi connectivity index (χ4v) is 2.34. The first-order valence-electron chi connectivity index (χ1n) is 6.55. The van der Waals surface area contributed by atoms with Crippen molar-refractivity contribution >= 4 is 5.82 Å². The van der Waals surface area contributed by atoms with E-state index in [1.165, 1.54) is 43.4 Å². The zero-order valence-corrected chi connectivity index (χ0v) is 10.4. The molecule has 0 bridgehead atoms. The molecule has 0 aliphatic heterocycles. The molecule has 1 N–H and O–H groups in total. The predicted octanol–water partition coefficient (Wildman–Crippen LogP) is 3.56. The molecule has 0 saturated heterocycles. The van der Waals surface area contributed by atoms with Crippen molar-refractivity contribution in [3.8, 4) is 0 Å². The van der Waals surface area contributed by atoms with Gasteiger partial charge in [0.25, 0.3) is 0 Å². The number of fused-ring (bicyclic) bond motifs is 1. The molecule has 2 nitrogen and oxygen atoms in total. The van der Waals surface area contributed by atoms with Crippen LogP contribution >= 0.6 is 0 Å². The monoisotopic (exact) mass is 218 g/mol. The van der Waals surface area contributed by atoms with E-state index in [1.807, 2.05) is 0 Å². The van der Waals surface area contributed by atoms with E-state index in [0.717, 1.165) is 12.2 Å². The summed E-state index contributed by atoms with van der Waals surface area (Å²) in [5.41, 5.74) is 2.76. The molecule has 1 unspecified atom stereocenters. The maximum atomic E-state index is 4.69. The van der Waals surface area contributed by atoms with Crippen molar-refractivity contribution in [3.05, 3.63) is 23.4 Å². The number of aryl methyl sites for hydroxylation is 2. The second kappa shape index (κ2) is 5.33. The van der Waals surface area contributed by atoms with Crippen LogP contribution in [0.3, 0.4) is 0 Å². The largest absolute Gasteiger partial charge is 0.368 e. The lowest BCUT2D eigenvalue weighted by Gasteiger charge is -2.14. The van der Waals surface area contributed by atoms with Gasteiger partial charge in [0.15, 0.2) is 0 Å². The average molecular weight is 218 g/mol. The third-order valence-electron chi connectivity index (χ3n) is 3.31. The Morgan fingerprint density at radius 1 is 1.38 bits per heavy atom. The molecule has 1 atom stereocenters. The zero-order valence-electron chi connectivity index (χ0n) is 10.4. The number of hydrogen-bond donors (Lipinski definition) is 1. The summed E-state index contributed by atoms with van der Waals surface area (Å²) in [5, 5.41) is 3.50. The minimum atomic E-state index is 0.534. The van der Waals surface area contributed by atoms with Crippen molar-refractivity contribution in [3.63, 3.8) is 0 Å². The Morgan fingerprint density at radius 2 is 2.25 bits per heavy atom. The Morgan fingerprint density at radius 3 is 3.06 bits per heavy atom. The molecule has 0 fully saturated rings. The van der Waals surface area contributed by atoms with Crippen molar-refractivity contribution in [2.24, 2.45) is 0 Å². The summed E-state index contributed by atoms with van der Waals surface area (Å²) in [6.45, 7) is 4.48. The second-order valence-corrected chi connectivity index (χ2v) is 4.84. The van der Waals surface area contributed by atoms with Crippen molar-refractivity contribution < 1.29 is 0 Å². The van der Waals surface area contributed by atoms with Gasteiger partial charge in [-0.25, -0.2) is 4.98 Å². The van der Waals surface area contributed by atoms with Crippen molar-refractivity contribution in [1.82, 2.24) is 4.98 Å². The Bertz CT molecular complexity index is 347. The highest BCUT2D eigenvalue weighted by Crippen LogP contribution is 2.22. The number of unbranched alkanes of at least 4 members (excludes halogenated alkanes) is 1. The van der Waals surface area contributed by atoms with E-state index < -0.39 is 0 Å². The van der Waals surface area contributed by atoms with Gasteiger partial charge in [-0.15, -0.1) is 0 Å². The van der Waals surface area contributed by atoms with E-state index in [-0.39, 0.29) is 0 Å². The van der Waals surface area contributed by atoms with Gasteiger partial charge in [0, 0.05) is 11.7 Å². The number of nitrogens with zero attached hydrogens (tertiary/aromatic N) is 1. The van der Waals surface area contributed by atoms with Crippen molar-refractivity contribution in [1.29, 1.82) is 0 Å². The minimum Gasteiger partial charge on any atom is -0.368 e. The highest BCUT2D eigenvalue weighted by molar-refractivity contribution is 5.41. The number of rotatable bonds is 5. The molecule has 2 rings (SSSR count). The van der Waals surface area contributed by atoms with Crippen LogP contribution in [-0.2, 0) is 12.8 Å². The van der Waals surface area contributed by atoms with Gasteiger partial charge in [-0.3, -0.25) is 0 Å². The summed E-state index contributed by atoms with van der Waals surface area (Å²) in [4.78, 5) is 4.69. The molecule has 0 amide bonds. The van der Waals surface area contributed by atoms with Crippen LogP contribution in [-0.4, -0.2) is 11.0 Å². The molecule has 0 saturated carbocycles. The lowest BCUT2D eigenvalue weighted by molar-refractivity contribution is 0.643. The maximum absolute atomic E-state index is 4.69. The highest BCUT2D eigenvalue weighted by atomic mass is 15.0. The zero-order chi connectivity index (χ0) is 11.4. The quantitative estimate of drug-likeness (QED) is 0.817. The Hall–Kier alpha value is -1.05. The molecular formula is C14H22N2. The summed E-state index contributed by atoms with van der Waals surface area (Å²) in [6.07, 6.45) is 7.44. The van der Waals surface area contributed by atoms with Gasteiger partial charge in [0.2, 0.25) is 0 Å². The minimum absolute atomic E-state index is 0.534. The van der Waals surface area contributed by atoms with Gasteiger partial charge in [0.05, 0.1) is 0 Å². The third-order valence-corrected chi connectivity index (χ3v) is 3.31. The van der Waals surface area contributed by atoms with Crippen LogP contribution in [0.4, 0.5) is 5.82 Å². The van der Waals surface area contributed by atoms with Crippen LogP contribution in [0.5, 0.6) is 0 Å². The lowest BCUT2D eigenvalue weighted by Crippen LogP contribution is -2.16. The number of pyridine rings is 1. The van der Waals surface area contributed by atoms with Crippen LogP contribution in [0.2, 0.25) is 0 Å².